The molecule has 0 bridgehead atoms. The Labute approximate surface area is 136 Å². The molecule has 0 atom stereocenters. The number of rotatable bonds is 5. The molecule has 0 radical (unpaired) electrons. The molecule has 1 aliphatic heterocycles. The number of anilines is 3. The van der Waals surface area contributed by atoms with E-state index in [4.69, 9.17) is 5.11 Å². The van der Waals surface area contributed by atoms with E-state index >= 15 is 0 Å². The van der Waals surface area contributed by atoms with Gasteiger partial charge in [-0.15, -0.1) is 0 Å². The maximum atomic E-state index is 12.0. The number of hydrogen-bond acceptors (Lipinski definition) is 6. The van der Waals surface area contributed by atoms with E-state index in [-0.39, 0.29) is 23.5 Å². The van der Waals surface area contributed by atoms with Crippen LogP contribution in [0.5, 0.6) is 0 Å². The number of carbonyl (C=O) groups is 2. The second kappa shape index (κ2) is 6.41. The van der Waals surface area contributed by atoms with E-state index in [0.717, 1.165) is 0 Å². The molecule has 1 amide bonds. The zero-order valence-corrected chi connectivity index (χ0v) is 12.6. The first kappa shape index (κ1) is 15.5. The van der Waals surface area contributed by atoms with E-state index in [1.807, 2.05) is 0 Å². The summed E-state index contributed by atoms with van der Waals surface area (Å²) >= 11 is 0. The average Bonchev–Trinajstić information content (AvgIpc) is 2.98. The highest BCUT2D eigenvalue weighted by molar-refractivity contribution is 5.92. The van der Waals surface area contributed by atoms with Gasteiger partial charge >= 0.3 is 5.97 Å². The maximum Gasteiger partial charge on any atom is 0.335 e. The number of carboxylic acid groups (broad SMARTS) is 1. The van der Waals surface area contributed by atoms with E-state index < -0.39 is 5.97 Å². The first-order valence-electron chi connectivity index (χ1n) is 7.24. The van der Waals surface area contributed by atoms with Crippen LogP contribution >= 0.6 is 0 Å². The molecule has 4 N–H and O–H groups in total. The first-order chi connectivity index (χ1) is 11.5. The molecular weight excluding hydrogens is 314 g/mol. The van der Waals surface area contributed by atoms with Crippen molar-refractivity contribution in [3.63, 3.8) is 0 Å². The smallest absolute Gasteiger partial charge is 0.335 e. The molecule has 9 nitrogen and oxygen atoms in total. The quantitative estimate of drug-likeness (QED) is 0.635. The van der Waals surface area contributed by atoms with Gasteiger partial charge in [0.2, 0.25) is 5.91 Å². The largest absolute Gasteiger partial charge is 0.478 e. The van der Waals surface area contributed by atoms with Crippen molar-refractivity contribution in [3.8, 4) is 0 Å². The SMILES string of the molecule is O=C(CCN1CNc2c1nc[nH]c2=O)Nc1ccc(C(=O)O)cc1. The van der Waals surface area contributed by atoms with Crippen molar-refractivity contribution < 1.29 is 14.7 Å². The minimum absolute atomic E-state index is 0.157. The predicted octanol–water partition coefficient (Wildman–Crippen LogP) is 0.686. The highest BCUT2D eigenvalue weighted by Crippen LogP contribution is 2.24. The molecule has 9 heteroatoms. The summed E-state index contributed by atoms with van der Waals surface area (Å²) < 4.78 is 0. The topological polar surface area (TPSA) is 127 Å². The lowest BCUT2D eigenvalue weighted by Gasteiger charge is -2.16. The number of carboxylic acids is 1. The van der Waals surface area contributed by atoms with Gasteiger partial charge in [0.25, 0.3) is 5.56 Å². The number of carbonyl (C=O) groups excluding carboxylic acids is 1. The summed E-state index contributed by atoms with van der Waals surface area (Å²) in [5.41, 5.74) is 0.844. The van der Waals surface area contributed by atoms with Crippen molar-refractivity contribution in [1.29, 1.82) is 0 Å². The Hall–Kier alpha value is -3.36. The molecule has 24 heavy (non-hydrogen) atoms. The summed E-state index contributed by atoms with van der Waals surface area (Å²) in [6.07, 6.45) is 1.53. The Morgan fingerprint density at radius 2 is 2.04 bits per heavy atom. The summed E-state index contributed by atoms with van der Waals surface area (Å²) in [5, 5.41) is 14.5. The van der Waals surface area contributed by atoms with Gasteiger partial charge < -0.3 is 25.6 Å². The molecule has 1 aromatic heterocycles. The van der Waals surface area contributed by atoms with Gasteiger partial charge in [-0.1, -0.05) is 0 Å². The maximum absolute atomic E-state index is 12.0. The van der Waals surface area contributed by atoms with Gasteiger partial charge in [-0.25, -0.2) is 9.78 Å². The Balaban J connectivity index is 1.56. The molecule has 0 saturated carbocycles. The minimum atomic E-state index is -1.02. The summed E-state index contributed by atoms with van der Waals surface area (Å²) in [6.45, 7) is 0.811. The highest BCUT2D eigenvalue weighted by atomic mass is 16.4. The van der Waals surface area contributed by atoms with Crippen molar-refractivity contribution in [1.82, 2.24) is 9.97 Å². The molecule has 0 spiro atoms. The Morgan fingerprint density at radius 3 is 2.75 bits per heavy atom. The van der Waals surface area contributed by atoms with E-state index in [1.54, 1.807) is 4.90 Å². The van der Waals surface area contributed by atoms with Crippen LogP contribution in [0.15, 0.2) is 35.4 Å². The molecule has 1 aromatic carbocycles. The second-order valence-corrected chi connectivity index (χ2v) is 5.21. The van der Waals surface area contributed by atoms with E-state index in [2.05, 4.69) is 20.6 Å². The monoisotopic (exact) mass is 329 g/mol. The van der Waals surface area contributed by atoms with Gasteiger partial charge in [0.05, 0.1) is 18.6 Å². The number of fused-ring (bicyclic) bond motifs is 1. The molecule has 0 saturated heterocycles. The van der Waals surface area contributed by atoms with Gasteiger partial charge in [-0.3, -0.25) is 9.59 Å². The zero-order valence-electron chi connectivity index (χ0n) is 12.6. The van der Waals surface area contributed by atoms with E-state index in [9.17, 15) is 14.4 Å². The van der Waals surface area contributed by atoms with Gasteiger partial charge in [0.1, 0.15) is 5.69 Å². The standard InChI is InChI=1S/C15H15N5O4/c21-11(19-10-3-1-9(2-4-10)15(23)24)5-6-20-8-18-12-13(20)16-7-17-14(12)22/h1-4,7,18H,5-6,8H2,(H,19,21)(H,23,24)(H,16,17,22). The van der Waals surface area contributed by atoms with E-state index in [1.165, 1.54) is 30.6 Å². The lowest BCUT2D eigenvalue weighted by Crippen LogP contribution is -2.28. The minimum Gasteiger partial charge on any atom is -0.478 e. The second-order valence-electron chi connectivity index (χ2n) is 5.21. The third-order valence-corrected chi connectivity index (χ3v) is 3.60. The molecule has 0 unspecified atom stereocenters. The number of H-pyrrole nitrogens is 1. The average molecular weight is 329 g/mol. The number of aromatic carboxylic acids is 1. The van der Waals surface area contributed by atoms with Crippen molar-refractivity contribution in [3.05, 3.63) is 46.5 Å². The van der Waals surface area contributed by atoms with Crippen molar-refractivity contribution in [2.75, 3.05) is 28.7 Å². The Bertz CT molecular complexity index is 831. The number of aromatic amines is 1. The fourth-order valence-corrected chi connectivity index (χ4v) is 2.38. The van der Waals surface area contributed by atoms with E-state index in [0.29, 0.717) is 30.4 Å². The van der Waals surface area contributed by atoms with Crippen molar-refractivity contribution in [2.24, 2.45) is 0 Å². The van der Waals surface area contributed by atoms with Crippen molar-refractivity contribution in [2.45, 2.75) is 6.42 Å². The zero-order chi connectivity index (χ0) is 17.1. The van der Waals surface area contributed by atoms with Crippen LogP contribution in [0, 0.1) is 0 Å². The number of nitrogens with one attached hydrogen (secondary N) is 3. The lowest BCUT2D eigenvalue weighted by atomic mass is 10.2. The molecular formula is C15H15N5O4. The molecule has 2 heterocycles. The number of hydrogen-bond donors (Lipinski definition) is 4. The summed E-state index contributed by atoms with van der Waals surface area (Å²) in [6, 6.07) is 5.92. The molecule has 1 aliphatic rings. The van der Waals surface area contributed by atoms with Crippen LogP contribution in [0.25, 0.3) is 0 Å². The van der Waals surface area contributed by atoms with Gasteiger partial charge in [-0.2, -0.15) is 0 Å². The number of amides is 1. The third-order valence-electron chi connectivity index (χ3n) is 3.60. The van der Waals surface area contributed by atoms with Crippen LogP contribution in [-0.4, -0.2) is 40.2 Å². The van der Waals surface area contributed by atoms with Crippen LogP contribution in [0.1, 0.15) is 16.8 Å². The highest BCUT2D eigenvalue weighted by Gasteiger charge is 2.22. The van der Waals surface area contributed by atoms with Gasteiger partial charge in [0.15, 0.2) is 5.82 Å². The number of aromatic nitrogens is 2. The Morgan fingerprint density at radius 1 is 1.29 bits per heavy atom. The summed E-state index contributed by atoms with van der Waals surface area (Å²) in [7, 11) is 0. The van der Waals surface area contributed by atoms with Crippen LogP contribution in [-0.2, 0) is 4.79 Å². The first-order valence-corrected chi connectivity index (χ1v) is 7.24. The fourth-order valence-electron chi connectivity index (χ4n) is 2.38. The molecule has 0 aliphatic carbocycles. The van der Waals surface area contributed by atoms with Crippen LogP contribution in [0.4, 0.5) is 17.2 Å². The molecule has 3 rings (SSSR count). The van der Waals surface area contributed by atoms with Gasteiger partial charge in [-0.05, 0) is 24.3 Å². The number of benzene rings is 1. The molecule has 124 valence electrons. The molecule has 0 fully saturated rings. The predicted molar refractivity (Wildman–Crippen MR) is 87.3 cm³/mol. The van der Waals surface area contributed by atoms with Gasteiger partial charge in [0, 0.05) is 18.7 Å². The summed E-state index contributed by atoms with van der Waals surface area (Å²) in [5.74, 6) is -0.704. The summed E-state index contributed by atoms with van der Waals surface area (Å²) in [4.78, 5) is 42.8. The fraction of sp³-hybridized carbons (Fsp3) is 0.200. The van der Waals surface area contributed by atoms with Crippen LogP contribution < -0.4 is 21.1 Å². The normalized spacial score (nSPS) is 12.4. The van der Waals surface area contributed by atoms with Crippen LogP contribution in [0.3, 0.4) is 0 Å². The molecule has 2 aromatic rings. The third kappa shape index (κ3) is 3.19. The van der Waals surface area contributed by atoms with Crippen LogP contribution in [0.2, 0.25) is 0 Å². The lowest BCUT2D eigenvalue weighted by molar-refractivity contribution is -0.116. The number of nitrogens with zero attached hydrogens (tertiary/aromatic N) is 2. The Kier molecular flexibility index (Phi) is 4.15. The van der Waals surface area contributed by atoms with Crippen molar-refractivity contribution >= 4 is 29.1 Å².